The maximum Gasteiger partial charge on any atom is 0.262 e. The fraction of sp³-hybridized carbons (Fsp3) is 0.267. The summed E-state index contributed by atoms with van der Waals surface area (Å²) in [5.74, 6) is 0.546. The van der Waals surface area contributed by atoms with E-state index in [0.717, 1.165) is 15.6 Å². The predicted octanol–water partition coefficient (Wildman–Crippen LogP) is 2.77. The molecule has 0 aliphatic carbocycles. The number of nitrogens with one attached hydrogen (secondary N) is 2. The van der Waals surface area contributed by atoms with Gasteiger partial charge >= 0.3 is 0 Å². The first-order chi connectivity index (χ1) is 11.1. The third kappa shape index (κ3) is 3.05. The Morgan fingerprint density at radius 2 is 2.26 bits per heavy atom. The Morgan fingerprint density at radius 1 is 1.48 bits per heavy atom. The quantitative estimate of drug-likeness (QED) is 0.696. The molecule has 2 heterocycles. The molecule has 6 nitrogen and oxygen atoms in total. The van der Waals surface area contributed by atoms with Crippen LogP contribution in [0.25, 0.3) is 10.1 Å². The second kappa shape index (κ2) is 6.61. The summed E-state index contributed by atoms with van der Waals surface area (Å²) in [6, 6.07) is 7.94. The Morgan fingerprint density at radius 3 is 2.96 bits per heavy atom. The van der Waals surface area contributed by atoms with E-state index in [1.807, 2.05) is 31.3 Å². The molecule has 0 fully saturated rings. The number of fused-ring (bicyclic) bond motifs is 1. The summed E-state index contributed by atoms with van der Waals surface area (Å²) in [5, 5.41) is 10.7. The Kier molecular flexibility index (Phi) is 4.56. The summed E-state index contributed by atoms with van der Waals surface area (Å²) in [4.78, 5) is 13.2. The first-order valence-corrected chi connectivity index (χ1v) is 8.22. The van der Waals surface area contributed by atoms with Crippen LogP contribution in [0.1, 0.15) is 21.1 Å². The molecule has 3 rings (SSSR count). The third-order valence-electron chi connectivity index (χ3n) is 3.57. The minimum atomic E-state index is -0.132. The van der Waals surface area contributed by atoms with E-state index >= 15 is 0 Å². The summed E-state index contributed by atoms with van der Waals surface area (Å²) >= 11 is 6.53. The lowest BCUT2D eigenvalue weighted by atomic mass is 10.1. The normalized spacial score (nSPS) is 11.0. The van der Waals surface area contributed by atoms with E-state index in [2.05, 4.69) is 15.5 Å². The standard InChI is InChI=1S/C15H16N4O2S2/c1-19-12(17-18-15(19)22)7-16-14(20)13-10(8-21-2)9-5-3-4-6-11(9)23-13/h3-6H,7-8H2,1-2H3,(H,16,20)(H,18,22). The monoisotopic (exact) mass is 348 g/mol. The van der Waals surface area contributed by atoms with Gasteiger partial charge in [-0.15, -0.1) is 11.3 Å². The zero-order valence-corrected chi connectivity index (χ0v) is 14.4. The van der Waals surface area contributed by atoms with E-state index in [0.29, 0.717) is 28.6 Å². The highest BCUT2D eigenvalue weighted by Gasteiger charge is 2.18. The topological polar surface area (TPSA) is 71.9 Å². The molecule has 23 heavy (non-hydrogen) atoms. The summed E-state index contributed by atoms with van der Waals surface area (Å²) in [6.07, 6.45) is 0. The number of aromatic nitrogens is 3. The summed E-state index contributed by atoms with van der Waals surface area (Å²) in [6.45, 7) is 0.711. The lowest BCUT2D eigenvalue weighted by Crippen LogP contribution is -2.24. The number of rotatable bonds is 5. The number of H-pyrrole nitrogens is 1. The molecular formula is C15H16N4O2S2. The van der Waals surface area contributed by atoms with E-state index in [-0.39, 0.29) is 5.91 Å². The van der Waals surface area contributed by atoms with E-state index in [1.165, 1.54) is 11.3 Å². The van der Waals surface area contributed by atoms with Crippen LogP contribution in [-0.2, 0) is 24.9 Å². The third-order valence-corrected chi connectivity index (χ3v) is 5.15. The fourth-order valence-electron chi connectivity index (χ4n) is 2.35. The van der Waals surface area contributed by atoms with Crippen LogP contribution in [0.2, 0.25) is 0 Å². The molecule has 120 valence electrons. The van der Waals surface area contributed by atoms with Crippen LogP contribution in [0.15, 0.2) is 24.3 Å². The number of amides is 1. The van der Waals surface area contributed by atoms with Gasteiger partial charge in [0.25, 0.3) is 5.91 Å². The SMILES string of the molecule is COCc1c(C(=O)NCc2n[nH]c(=S)n2C)sc2ccccc12. The Labute approximate surface area is 142 Å². The molecule has 0 saturated carbocycles. The minimum Gasteiger partial charge on any atom is -0.380 e. The number of carbonyl (C=O) groups excluding carboxylic acids is 1. The van der Waals surface area contributed by atoms with Crippen LogP contribution >= 0.6 is 23.6 Å². The van der Waals surface area contributed by atoms with Crippen molar-refractivity contribution in [3.63, 3.8) is 0 Å². The zero-order valence-electron chi connectivity index (χ0n) is 12.8. The molecular weight excluding hydrogens is 332 g/mol. The molecule has 3 aromatic rings. The predicted molar refractivity (Wildman–Crippen MR) is 92.1 cm³/mol. The second-order valence-electron chi connectivity index (χ2n) is 5.03. The van der Waals surface area contributed by atoms with Crippen LogP contribution in [0.5, 0.6) is 0 Å². The van der Waals surface area contributed by atoms with Crippen LogP contribution in [0.3, 0.4) is 0 Å². The van der Waals surface area contributed by atoms with E-state index in [1.54, 1.807) is 11.7 Å². The van der Waals surface area contributed by atoms with Gasteiger partial charge < -0.3 is 14.6 Å². The van der Waals surface area contributed by atoms with Gasteiger partial charge in [-0.05, 0) is 23.7 Å². The van der Waals surface area contributed by atoms with Crippen molar-refractivity contribution in [2.75, 3.05) is 7.11 Å². The second-order valence-corrected chi connectivity index (χ2v) is 6.46. The first-order valence-electron chi connectivity index (χ1n) is 6.99. The number of carbonyl (C=O) groups is 1. The van der Waals surface area contributed by atoms with Gasteiger partial charge in [0.1, 0.15) is 0 Å². The number of hydrogen-bond acceptors (Lipinski definition) is 5. The Balaban J connectivity index is 1.87. The van der Waals surface area contributed by atoms with Gasteiger partial charge in [0.05, 0.1) is 18.0 Å². The lowest BCUT2D eigenvalue weighted by molar-refractivity contribution is 0.0949. The highest BCUT2D eigenvalue weighted by molar-refractivity contribution is 7.71. The van der Waals surface area contributed by atoms with Gasteiger partial charge in [-0.1, -0.05) is 18.2 Å². The molecule has 0 aliphatic rings. The Bertz CT molecular complexity index is 910. The maximum absolute atomic E-state index is 12.6. The average molecular weight is 348 g/mol. The average Bonchev–Trinajstić information content (AvgIpc) is 3.08. The molecule has 0 spiro atoms. The molecule has 2 aromatic heterocycles. The fourth-order valence-corrected chi connectivity index (χ4v) is 3.62. The number of methoxy groups -OCH3 is 1. The van der Waals surface area contributed by atoms with E-state index in [9.17, 15) is 4.79 Å². The minimum absolute atomic E-state index is 0.132. The van der Waals surface area contributed by atoms with Crippen molar-refractivity contribution in [3.8, 4) is 0 Å². The number of thiophene rings is 1. The van der Waals surface area contributed by atoms with Crippen molar-refractivity contribution in [1.82, 2.24) is 20.1 Å². The van der Waals surface area contributed by atoms with Gasteiger partial charge in [-0.3, -0.25) is 9.89 Å². The highest BCUT2D eigenvalue weighted by Crippen LogP contribution is 2.31. The zero-order chi connectivity index (χ0) is 16.4. The number of nitrogens with zero attached hydrogens (tertiary/aromatic N) is 2. The largest absolute Gasteiger partial charge is 0.380 e. The summed E-state index contributed by atoms with van der Waals surface area (Å²) in [5.41, 5.74) is 0.918. The van der Waals surface area contributed by atoms with Gasteiger partial charge in [0.2, 0.25) is 0 Å². The van der Waals surface area contributed by atoms with Gasteiger partial charge in [-0.2, -0.15) is 5.10 Å². The van der Waals surface area contributed by atoms with Gasteiger partial charge in [0.15, 0.2) is 10.6 Å². The van der Waals surface area contributed by atoms with Crippen LogP contribution in [-0.4, -0.2) is 27.8 Å². The van der Waals surface area contributed by atoms with Crippen molar-refractivity contribution in [2.45, 2.75) is 13.2 Å². The molecule has 0 radical (unpaired) electrons. The summed E-state index contributed by atoms with van der Waals surface area (Å²) < 4.78 is 8.59. The number of ether oxygens (including phenoxy) is 1. The molecule has 0 bridgehead atoms. The molecule has 0 atom stereocenters. The highest BCUT2D eigenvalue weighted by atomic mass is 32.1. The van der Waals surface area contributed by atoms with Crippen molar-refractivity contribution < 1.29 is 9.53 Å². The molecule has 2 N–H and O–H groups in total. The number of hydrogen-bond donors (Lipinski definition) is 2. The van der Waals surface area contributed by atoms with E-state index < -0.39 is 0 Å². The molecule has 0 saturated heterocycles. The van der Waals surface area contributed by atoms with Crippen molar-refractivity contribution in [2.24, 2.45) is 7.05 Å². The smallest absolute Gasteiger partial charge is 0.262 e. The van der Waals surface area contributed by atoms with Crippen molar-refractivity contribution >= 4 is 39.5 Å². The lowest BCUT2D eigenvalue weighted by Gasteiger charge is -2.06. The van der Waals surface area contributed by atoms with Gasteiger partial charge in [-0.25, -0.2) is 0 Å². The summed E-state index contributed by atoms with van der Waals surface area (Å²) in [7, 11) is 3.44. The molecule has 0 unspecified atom stereocenters. The van der Waals surface area contributed by atoms with E-state index in [4.69, 9.17) is 17.0 Å². The van der Waals surface area contributed by atoms with Crippen LogP contribution in [0.4, 0.5) is 0 Å². The molecule has 1 aromatic carbocycles. The Hall–Kier alpha value is -2.03. The molecule has 1 amide bonds. The molecule has 0 aliphatic heterocycles. The molecule has 8 heteroatoms. The van der Waals surface area contributed by atoms with Crippen molar-refractivity contribution in [1.29, 1.82) is 0 Å². The maximum atomic E-state index is 12.6. The van der Waals surface area contributed by atoms with Crippen LogP contribution in [0, 0.1) is 4.77 Å². The van der Waals surface area contributed by atoms with Crippen molar-refractivity contribution in [3.05, 3.63) is 45.3 Å². The van der Waals surface area contributed by atoms with Gasteiger partial charge in [0, 0.05) is 24.4 Å². The van der Waals surface area contributed by atoms with Crippen LogP contribution < -0.4 is 5.32 Å². The number of benzene rings is 1. The first kappa shape index (κ1) is 15.9. The number of aromatic amines is 1.